The van der Waals surface area contributed by atoms with Gasteiger partial charge < -0.3 is 14.9 Å². The second-order valence-corrected chi connectivity index (χ2v) is 4.24. The van der Waals surface area contributed by atoms with E-state index in [0.29, 0.717) is 5.56 Å². The van der Waals surface area contributed by atoms with E-state index < -0.39 is 23.7 Å². The maximum absolute atomic E-state index is 11.9. The molecule has 0 radical (unpaired) electrons. The molecule has 0 aliphatic carbocycles. The zero-order chi connectivity index (χ0) is 14.7. The lowest BCUT2D eigenvalue weighted by Gasteiger charge is -2.23. The van der Waals surface area contributed by atoms with E-state index in [1.807, 2.05) is 0 Å². The van der Waals surface area contributed by atoms with E-state index in [4.69, 9.17) is 5.11 Å². The van der Waals surface area contributed by atoms with Crippen molar-refractivity contribution in [2.75, 3.05) is 0 Å². The first-order valence-electron chi connectivity index (χ1n) is 5.41. The second-order valence-electron chi connectivity index (χ2n) is 4.24. The number of carboxylic acids is 1. The van der Waals surface area contributed by atoms with Crippen LogP contribution in [0.15, 0.2) is 24.3 Å². The number of halogens is 3. The predicted octanol–water partition coefficient (Wildman–Crippen LogP) is 2.66. The number of hydrogen-bond acceptors (Lipinski definition) is 3. The van der Waals surface area contributed by atoms with Crippen LogP contribution < -0.4 is 4.74 Å². The average Bonchev–Trinajstić information content (AvgIpc) is 2.25. The van der Waals surface area contributed by atoms with Gasteiger partial charge in [0, 0.05) is 6.42 Å². The minimum Gasteiger partial charge on any atom is -0.481 e. The first-order valence-corrected chi connectivity index (χ1v) is 5.41. The summed E-state index contributed by atoms with van der Waals surface area (Å²) in [5, 5.41) is 18.6. The Hall–Kier alpha value is -1.76. The largest absolute Gasteiger partial charge is 0.573 e. The van der Waals surface area contributed by atoms with Gasteiger partial charge >= 0.3 is 12.3 Å². The van der Waals surface area contributed by atoms with Crippen LogP contribution in [0.5, 0.6) is 5.75 Å². The van der Waals surface area contributed by atoms with Gasteiger partial charge in [-0.3, -0.25) is 4.79 Å². The SMILES string of the molecule is CC(O)(CCC(=O)O)c1ccc(OC(F)(F)F)cc1. The van der Waals surface area contributed by atoms with Crippen molar-refractivity contribution in [1.29, 1.82) is 0 Å². The molecule has 1 aromatic rings. The van der Waals surface area contributed by atoms with Gasteiger partial charge in [0.2, 0.25) is 0 Å². The number of aliphatic carboxylic acids is 1. The lowest BCUT2D eigenvalue weighted by Crippen LogP contribution is -2.22. The van der Waals surface area contributed by atoms with E-state index in [1.54, 1.807) is 0 Å². The normalized spacial score (nSPS) is 14.8. The lowest BCUT2D eigenvalue weighted by atomic mass is 9.91. The second kappa shape index (κ2) is 5.48. The maximum Gasteiger partial charge on any atom is 0.573 e. The highest BCUT2D eigenvalue weighted by molar-refractivity contribution is 5.66. The van der Waals surface area contributed by atoms with Crippen molar-refractivity contribution >= 4 is 5.97 Å². The Bertz CT molecular complexity index is 437. The van der Waals surface area contributed by atoms with Crippen LogP contribution in [0.1, 0.15) is 25.3 Å². The number of aliphatic hydroxyl groups is 1. The number of carbonyl (C=O) groups is 1. The first-order chi connectivity index (χ1) is 8.60. The van der Waals surface area contributed by atoms with Crippen LogP contribution in [0.25, 0.3) is 0 Å². The van der Waals surface area contributed by atoms with Crippen molar-refractivity contribution in [2.45, 2.75) is 31.7 Å². The number of benzene rings is 1. The molecule has 7 heteroatoms. The molecule has 0 saturated carbocycles. The zero-order valence-electron chi connectivity index (χ0n) is 10.1. The standard InChI is InChI=1S/C12H13F3O4/c1-11(18,7-6-10(16)17)8-2-4-9(5-3-8)19-12(13,14)15/h2-5,18H,6-7H2,1H3,(H,16,17). The molecule has 1 aromatic carbocycles. The summed E-state index contributed by atoms with van der Waals surface area (Å²) in [5.41, 5.74) is -1.10. The number of rotatable bonds is 5. The van der Waals surface area contributed by atoms with Gasteiger partial charge in [-0.05, 0) is 31.0 Å². The highest BCUT2D eigenvalue weighted by atomic mass is 19.4. The Kier molecular flexibility index (Phi) is 4.41. The van der Waals surface area contributed by atoms with Crippen molar-refractivity contribution < 1.29 is 32.9 Å². The molecule has 19 heavy (non-hydrogen) atoms. The number of carboxylic acid groups (broad SMARTS) is 1. The van der Waals surface area contributed by atoms with Crippen molar-refractivity contribution in [3.8, 4) is 5.75 Å². The molecule has 0 amide bonds. The van der Waals surface area contributed by atoms with Crippen LogP contribution in [0.2, 0.25) is 0 Å². The average molecular weight is 278 g/mol. The fourth-order valence-electron chi connectivity index (χ4n) is 1.51. The molecule has 0 fully saturated rings. The topological polar surface area (TPSA) is 66.8 Å². The summed E-state index contributed by atoms with van der Waals surface area (Å²) in [6.45, 7) is 1.40. The third-order valence-corrected chi connectivity index (χ3v) is 2.54. The molecular formula is C12H13F3O4. The van der Waals surface area contributed by atoms with Gasteiger partial charge in [-0.2, -0.15) is 0 Å². The summed E-state index contributed by atoms with van der Waals surface area (Å²) in [5.74, 6) is -1.46. The Balaban J connectivity index is 2.77. The van der Waals surface area contributed by atoms with Crippen LogP contribution >= 0.6 is 0 Å². The monoisotopic (exact) mass is 278 g/mol. The van der Waals surface area contributed by atoms with Crippen molar-refractivity contribution in [3.63, 3.8) is 0 Å². The lowest BCUT2D eigenvalue weighted by molar-refractivity contribution is -0.274. The van der Waals surface area contributed by atoms with E-state index >= 15 is 0 Å². The van der Waals surface area contributed by atoms with Crippen LogP contribution in [-0.4, -0.2) is 22.5 Å². The minimum atomic E-state index is -4.77. The fourth-order valence-corrected chi connectivity index (χ4v) is 1.51. The van der Waals surface area contributed by atoms with Crippen molar-refractivity contribution in [1.82, 2.24) is 0 Å². The number of hydrogen-bond donors (Lipinski definition) is 2. The van der Waals surface area contributed by atoms with Crippen molar-refractivity contribution in [3.05, 3.63) is 29.8 Å². The molecule has 0 aromatic heterocycles. The van der Waals surface area contributed by atoms with Crippen LogP contribution in [-0.2, 0) is 10.4 Å². The Morgan fingerprint density at radius 1 is 1.26 bits per heavy atom. The third-order valence-electron chi connectivity index (χ3n) is 2.54. The van der Waals surface area contributed by atoms with Gasteiger partial charge in [-0.1, -0.05) is 12.1 Å². The third kappa shape index (κ3) is 5.17. The van der Waals surface area contributed by atoms with Crippen molar-refractivity contribution in [2.24, 2.45) is 0 Å². The Labute approximate surface area is 107 Å². The predicted molar refractivity (Wildman–Crippen MR) is 59.6 cm³/mol. The molecule has 0 heterocycles. The van der Waals surface area contributed by atoms with E-state index in [-0.39, 0.29) is 12.8 Å². The molecule has 0 bridgehead atoms. The summed E-state index contributed by atoms with van der Waals surface area (Å²) in [6, 6.07) is 4.67. The molecule has 2 N–H and O–H groups in total. The Morgan fingerprint density at radius 3 is 2.21 bits per heavy atom. The van der Waals surface area contributed by atoms with Gasteiger partial charge in [0.1, 0.15) is 5.75 Å². The molecule has 4 nitrogen and oxygen atoms in total. The fraction of sp³-hybridized carbons (Fsp3) is 0.417. The smallest absolute Gasteiger partial charge is 0.481 e. The zero-order valence-corrected chi connectivity index (χ0v) is 10.1. The molecule has 0 aliphatic heterocycles. The molecule has 1 atom stereocenters. The van der Waals surface area contributed by atoms with E-state index in [0.717, 1.165) is 12.1 Å². The molecule has 0 spiro atoms. The van der Waals surface area contributed by atoms with Crippen LogP contribution in [0, 0.1) is 0 Å². The van der Waals surface area contributed by atoms with Gasteiger partial charge in [0.05, 0.1) is 5.60 Å². The molecule has 1 rings (SSSR count). The summed E-state index contributed by atoms with van der Waals surface area (Å²) >= 11 is 0. The molecular weight excluding hydrogens is 265 g/mol. The molecule has 106 valence electrons. The molecule has 1 unspecified atom stereocenters. The number of alkyl halides is 3. The minimum absolute atomic E-state index is 0.0399. The summed E-state index contributed by atoms with van der Waals surface area (Å²) in [4.78, 5) is 10.4. The van der Waals surface area contributed by atoms with Gasteiger partial charge in [-0.15, -0.1) is 13.2 Å². The first kappa shape index (κ1) is 15.3. The van der Waals surface area contributed by atoms with Crippen LogP contribution in [0.4, 0.5) is 13.2 Å². The van der Waals surface area contributed by atoms with Crippen LogP contribution in [0.3, 0.4) is 0 Å². The van der Waals surface area contributed by atoms with Gasteiger partial charge in [0.25, 0.3) is 0 Å². The van der Waals surface area contributed by atoms with Gasteiger partial charge in [-0.25, -0.2) is 0 Å². The summed E-state index contributed by atoms with van der Waals surface area (Å²) in [7, 11) is 0. The maximum atomic E-state index is 11.9. The Morgan fingerprint density at radius 2 is 1.79 bits per heavy atom. The quantitative estimate of drug-likeness (QED) is 0.869. The summed E-state index contributed by atoms with van der Waals surface area (Å²) < 4.78 is 39.5. The van der Waals surface area contributed by atoms with E-state index in [9.17, 15) is 23.1 Å². The highest BCUT2D eigenvalue weighted by Gasteiger charge is 2.31. The summed E-state index contributed by atoms with van der Waals surface area (Å²) in [6.07, 6.45) is -5.05. The van der Waals surface area contributed by atoms with Gasteiger partial charge in [0.15, 0.2) is 0 Å². The van der Waals surface area contributed by atoms with E-state index in [1.165, 1.54) is 19.1 Å². The van der Waals surface area contributed by atoms with E-state index in [2.05, 4.69) is 4.74 Å². The molecule has 0 saturated heterocycles. The highest BCUT2D eigenvalue weighted by Crippen LogP contribution is 2.29. The molecule has 0 aliphatic rings. The number of ether oxygens (including phenoxy) is 1.